The lowest BCUT2D eigenvalue weighted by Crippen LogP contribution is -1.96. The topological polar surface area (TPSA) is 25.8 Å². The van der Waals surface area contributed by atoms with Crippen LogP contribution in [0.2, 0.25) is 0 Å². The second-order valence-electron chi connectivity index (χ2n) is 14.5. The highest BCUT2D eigenvalue weighted by molar-refractivity contribution is 7.22. The van der Waals surface area contributed by atoms with Gasteiger partial charge in [0.05, 0.1) is 11.4 Å². The minimum absolute atomic E-state index is 0.709. The summed E-state index contributed by atoms with van der Waals surface area (Å²) >= 11 is 1.83. The van der Waals surface area contributed by atoms with Crippen LogP contribution in [0.3, 0.4) is 0 Å². The number of benzene rings is 9. The molecule has 2 nitrogen and oxygen atoms in total. The highest BCUT2D eigenvalue weighted by Crippen LogP contribution is 2.46. The standard InChI is InChI=1S/C54H34N2S/c1-3-14-39(15-4-1)52-45-21-11-10-20-44(45)51(46-32-31-35-13-7-9-19-43(35)53(46)52)40-29-25-37(26-30-40)48-34-47(55-54(56-48)41-16-5-2-6-17-41)36-23-27-38(28-24-36)50-33-42-18-8-12-22-49(42)57-50/h1-34H. The Balaban J connectivity index is 1.05. The molecule has 2 aromatic heterocycles. The maximum Gasteiger partial charge on any atom is 0.160 e. The zero-order valence-electron chi connectivity index (χ0n) is 30.9. The fourth-order valence-electron chi connectivity index (χ4n) is 8.36. The van der Waals surface area contributed by atoms with Gasteiger partial charge in [-0.15, -0.1) is 11.3 Å². The van der Waals surface area contributed by atoms with Crippen molar-refractivity contribution in [3.63, 3.8) is 0 Å². The highest BCUT2D eigenvalue weighted by atomic mass is 32.1. The first-order valence-electron chi connectivity index (χ1n) is 19.3. The van der Waals surface area contributed by atoms with Crippen LogP contribution in [-0.4, -0.2) is 9.97 Å². The van der Waals surface area contributed by atoms with Gasteiger partial charge in [-0.2, -0.15) is 0 Å². The minimum atomic E-state index is 0.709. The molecule has 11 rings (SSSR count). The van der Waals surface area contributed by atoms with Crippen molar-refractivity contribution >= 4 is 53.7 Å². The number of hydrogen-bond donors (Lipinski definition) is 0. The molecule has 0 unspecified atom stereocenters. The van der Waals surface area contributed by atoms with Crippen LogP contribution in [0.15, 0.2) is 206 Å². The van der Waals surface area contributed by atoms with E-state index in [1.165, 1.54) is 75.1 Å². The molecule has 0 saturated heterocycles. The molecule has 0 aliphatic heterocycles. The summed E-state index contributed by atoms with van der Waals surface area (Å²) < 4.78 is 1.30. The van der Waals surface area contributed by atoms with Gasteiger partial charge in [-0.05, 0) is 83.7 Å². The maximum absolute atomic E-state index is 5.16. The fourth-order valence-corrected chi connectivity index (χ4v) is 9.43. The molecule has 57 heavy (non-hydrogen) atoms. The lowest BCUT2D eigenvalue weighted by atomic mass is 9.84. The first kappa shape index (κ1) is 33.2. The van der Waals surface area contributed by atoms with E-state index >= 15 is 0 Å². The lowest BCUT2D eigenvalue weighted by Gasteiger charge is -2.19. The molecule has 0 atom stereocenters. The molecular formula is C54H34N2S. The normalized spacial score (nSPS) is 11.5. The first-order valence-corrected chi connectivity index (χ1v) is 20.1. The number of nitrogens with zero attached hydrogens (tertiary/aromatic N) is 2. The molecule has 11 aromatic rings. The van der Waals surface area contributed by atoms with Crippen molar-refractivity contribution in [2.45, 2.75) is 0 Å². The van der Waals surface area contributed by atoms with Gasteiger partial charge in [0.2, 0.25) is 0 Å². The predicted molar refractivity (Wildman–Crippen MR) is 243 cm³/mol. The molecule has 0 N–H and O–H groups in total. The smallest absolute Gasteiger partial charge is 0.160 e. The Kier molecular flexibility index (Phi) is 8.04. The third-order valence-corrected chi connectivity index (χ3v) is 12.3. The SMILES string of the molecule is c1ccc(-c2nc(-c3ccc(-c4cc5ccccc5s4)cc3)cc(-c3ccc(-c4c5ccccc5c(-c5ccccc5)c5c4ccc4ccccc45)cc3)n2)cc1. The largest absolute Gasteiger partial charge is 0.228 e. The number of aromatic nitrogens is 2. The van der Waals surface area contributed by atoms with Crippen LogP contribution < -0.4 is 0 Å². The molecule has 0 radical (unpaired) electrons. The molecule has 266 valence electrons. The van der Waals surface area contributed by atoms with Crippen molar-refractivity contribution in [3.8, 4) is 66.6 Å². The predicted octanol–water partition coefficient (Wildman–Crippen LogP) is 15.2. The minimum Gasteiger partial charge on any atom is -0.228 e. The quantitative estimate of drug-likeness (QED) is 0.125. The van der Waals surface area contributed by atoms with Crippen molar-refractivity contribution in [2.75, 3.05) is 0 Å². The van der Waals surface area contributed by atoms with E-state index in [1.807, 2.05) is 29.5 Å². The fraction of sp³-hybridized carbons (Fsp3) is 0. The van der Waals surface area contributed by atoms with Crippen molar-refractivity contribution in [3.05, 3.63) is 206 Å². The van der Waals surface area contributed by atoms with Gasteiger partial charge >= 0.3 is 0 Å². The van der Waals surface area contributed by atoms with Gasteiger partial charge in [0.1, 0.15) is 0 Å². The monoisotopic (exact) mass is 742 g/mol. The van der Waals surface area contributed by atoms with E-state index < -0.39 is 0 Å². The molecule has 0 spiro atoms. The molecule has 0 aliphatic carbocycles. The van der Waals surface area contributed by atoms with E-state index in [-0.39, 0.29) is 0 Å². The Morgan fingerprint density at radius 2 is 0.825 bits per heavy atom. The van der Waals surface area contributed by atoms with E-state index in [0.717, 1.165) is 28.1 Å². The van der Waals surface area contributed by atoms with E-state index in [0.29, 0.717) is 5.82 Å². The third kappa shape index (κ3) is 5.88. The summed E-state index contributed by atoms with van der Waals surface area (Å²) in [5.41, 5.74) is 11.0. The molecule has 2 heterocycles. The Morgan fingerprint density at radius 1 is 0.316 bits per heavy atom. The van der Waals surface area contributed by atoms with Gasteiger partial charge in [-0.1, -0.05) is 188 Å². The van der Waals surface area contributed by atoms with Crippen LogP contribution in [0.25, 0.3) is 109 Å². The zero-order valence-corrected chi connectivity index (χ0v) is 31.7. The summed E-state index contributed by atoms with van der Waals surface area (Å²) in [7, 11) is 0. The van der Waals surface area contributed by atoms with Gasteiger partial charge in [0.25, 0.3) is 0 Å². The second-order valence-corrected chi connectivity index (χ2v) is 15.6. The Labute approximate surface area is 335 Å². The van der Waals surface area contributed by atoms with Gasteiger partial charge < -0.3 is 0 Å². The molecular weight excluding hydrogens is 709 g/mol. The zero-order chi connectivity index (χ0) is 37.7. The van der Waals surface area contributed by atoms with E-state index in [4.69, 9.17) is 9.97 Å². The van der Waals surface area contributed by atoms with Gasteiger partial charge in [0.15, 0.2) is 5.82 Å². The maximum atomic E-state index is 5.16. The van der Waals surface area contributed by atoms with Crippen molar-refractivity contribution in [1.29, 1.82) is 0 Å². The molecule has 3 heteroatoms. The average molecular weight is 743 g/mol. The summed E-state index contributed by atoms with van der Waals surface area (Å²) in [5, 5.41) is 8.79. The van der Waals surface area contributed by atoms with Crippen LogP contribution in [-0.2, 0) is 0 Å². The van der Waals surface area contributed by atoms with Gasteiger partial charge in [-0.25, -0.2) is 9.97 Å². The molecule has 0 amide bonds. The van der Waals surface area contributed by atoms with Crippen molar-refractivity contribution < 1.29 is 0 Å². The van der Waals surface area contributed by atoms with E-state index in [1.54, 1.807) is 0 Å². The molecule has 9 aromatic carbocycles. The number of fused-ring (bicyclic) bond motifs is 5. The summed E-state index contributed by atoms with van der Waals surface area (Å²) in [5.74, 6) is 0.709. The van der Waals surface area contributed by atoms with Gasteiger partial charge in [0, 0.05) is 26.3 Å². The number of thiophene rings is 1. The lowest BCUT2D eigenvalue weighted by molar-refractivity contribution is 1.18. The summed E-state index contributed by atoms with van der Waals surface area (Å²) in [6.07, 6.45) is 0. The third-order valence-electron chi connectivity index (χ3n) is 11.1. The summed E-state index contributed by atoms with van der Waals surface area (Å²) in [6, 6.07) is 74.0. The van der Waals surface area contributed by atoms with Crippen molar-refractivity contribution in [2.24, 2.45) is 0 Å². The molecule has 0 aliphatic rings. The highest BCUT2D eigenvalue weighted by Gasteiger charge is 2.19. The average Bonchev–Trinajstić information content (AvgIpc) is 3.73. The van der Waals surface area contributed by atoms with E-state index in [9.17, 15) is 0 Å². The molecule has 0 bridgehead atoms. The molecule has 0 saturated carbocycles. The van der Waals surface area contributed by atoms with Crippen LogP contribution in [0, 0.1) is 0 Å². The second kappa shape index (κ2) is 13.8. The number of hydrogen-bond acceptors (Lipinski definition) is 3. The first-order chi connectivity index (χ1) is 28.2. The van der Waals surface area contributed by atoms with Crippen LogP contribution >= 0.6 is 11.3 Å². The van der Waals surface area contributed by atoms with Crippen LogP contribution in [0.5, 0.6) is 0 Å². The summed E-state index contributed by atoms with van der Waals surface area (Å²) in [6.45, 7) is 0. The van der Waals surface area contributed by atoms with Crippen LogP contribution in [0.4, 0.5) is 0 Å². The Morgan fingerprint density at radius 3 is 1.49 bits per heavy atom. The molecule has 0 fully saturated rings. The summed E-state index contributed by atoms with van der Waals surface area (Å²) in [4.78, 5) is 11.5. The van der Waals surface area contributed by atoms with Crippen molar-refractivity contribution in [1.82, 2.24) is 9.97 Å². The van der Waals surface area contributed by atoms with E-state index in [2.05, 4.69) is 188 Å². The Bertz CT molecular complexity index is 3220. The van der Waals surface area contributed by atoms with Crippen LogP contribution in [0.1, 0.15) is 0 Å². The van der Waals surface area contributed by atoms with Gasteiger partial charge in [-0.3, -0.25) is 0 Å². The number of rotatable bonds is 6. The Hall–Kier alpha value is -7.20.